The molecular weight excluding hydrogens is 218 g/mol. The zero-order chi connectivity index (χ0) is 11.0. The Hall–Kier alpha value is -0.970. The zero-order valence-electron chi connectivity index (χ0n) is 8.29. The van der Waals surface area contributed by atoms with Crippen LogP contribution in [-0.2, 0) is 0 Å². The second-order valence-corrected chi connectivity index (χ2v) is 3.77. The number of halogens is 1. The van der Waals surface area contributed by atoms with Crippen LogP contribution in [0.4, 0.5) is 0 Å². The first-order chi connectivity index (χ1) is 7.15. The molecule has 5 heteroatoms. The Morgan fingerprint density at radius 2 is 2.33 bits per heavy atom. The van der Waals surface area contributed by atoms with E-state index in [1.165, 1.54) is 0 Å². The average Bonchev–Trinajstić information content (AvgIpc) is 2.70. The van der Waals surface area contributed by atoms with Crippen LogP contribution in [0, 0.1) is 6.92 Å². The summed E-state index contributed by atoms with van der Waals surface area (Å²) in [6.45, 7) is 2.13. The number of hydrogen-bond acceptors (Lipinski definition) is 4. The minimum absolute atomic E-state index is 0.150. The van der Waals surface area contributed by atoms with Gasteiger partial charge < -0.3 is 20.3 Å². The maximum Gasteiger partial charge on any atom is 0.231 e. The molecule has 0 aromatic heterocycles. The van der Waals surface area contributed by atoms with E-state index in [0.29, 0.717) is 22.1 Å². The fourth-order valence-electron chi connectivity index (χ4n) is 1.59. The van der Waals surface area contributed by atoms with Crippen molar-refractivity contribution < 1.29 is 14.6 Å². The lowest BCUT2D eigenvalue weighted by Crippen LogP contribution is -2.12. The Labute approximate surface area is 92.5 Å². The molecule has 82 valence electrons. The molecule has 1 aromatic carbocycles. The smallest absolute Gasteiger partial charge is 0.231 e. The fourth-order valence-corrected chi connectivity index (χ4v) is 1.84. The van der Waals surface area contributed by atoms with Crippen LogP contribution in [0.1, 0.15) is 17.2 Å². The van der Waals surface area contributed by atoms with Crippen LogP contribution in [0.5, 0.6) is 11.5 Å². The highest BCUT2D eigenvalue weighted by atomic mass is 35.5. The van der Waals surface area contributed by atoms with E-state index < -0.39 is 6.10 Å². The first-order valence-corrected chi connectivity index (χ1v) is 4.99. The molecule has 2 rings (SSSR count). The molecule has 0 saturated heterocycles. The van der Waals surface area contributed by atoms with Crippen molar-refractivity contribution in [2.24, 2.45) is 5.73 Å². The van der Waals surface area contributed by atoms with E-state index in [0.717, 1.165) is 5.56 Å². The monoisotopic (exact) mass is 229 g/mol. The summed E-state index contributed by atoms with van der Waals surface area (Å²) < 4.78 is 10.4. The van der Waals surface area contributed by atoms with Crippen LogP contribution < -0.4 is 15.2 Å². The van der Waals surface area contributed by atoms with E-state index in [4.69, 9.17) is 26.8 Å². The molecule has 1 heterocycles. The fraction of sp³-hybridized carbons (Fsp3) is 0.400. The number of hydrogen-bond donors (Lipinski definition) is 2. The van der Waals surface area contributed by atoms with Crippen LogP contribution in [-0.4, -0.2) is 18.4 Å². The molecule has 1 unspecified atom stereocenters. The Morgan fingerprint density at radius 3 is 3.00 bits per heavy atom. The van der Waals surface area contributed by atoms with Gasteiger partial charge in [-0.2, -0.15) is 0 Å². The molecule has 3 N–H and O–H groups in total. The number of aliphatic hydroxyl groups excluding tert-OH is 1. The van der Waals surface area contributed by atoms with Gasteiger partial charge in [0, 0.05) is 6.54 Å². The van der Waals surface area contributed by atoms with E-state index in [9.17, 15) is 5.11 Å². The molecule has 1 aliphatic rings. The van der Waals surface area contributed by atoms with Crippen molar-refractivity contribution >= 4 is 11.6 Å². The SMILES string of the molecule is Cc1c(C(O)CN)cc2c(c1Cl)OCO2. The van der Waals surface area contributed by atoms with Gasteiger partial charge in [-0.05, 0) is 24.1 Å². The zero-order valence-corrected chi connectivity index (χ0v) is 9.04. The Balaban J connectivity index is 2.54. The number of benzene rings is 1. The van der Waals surface area contributed by atoms with Gasteiger partial charge in [-0.3, -0.25) is 0 Å². The molecule has 1 aliphatic heterocycles. The lowest BCUT2D eigenvalue weighted by atomic mass is 10.0. The number of aliphatic hydroxyl groups is 1. The van der Waals surface area contributed by atoms with E-state index in [1.54, 1.807) is 6.07 Å². The van der Waals surface area contributed by atoms with Gasteiger partial charge in [0.25, 0.3) is 0 Å². The lowest BCUT2D eigenvalue weighted by molar-refractivity contribution is 0.173. The van der Waals surface area contributed by atoms with Crippen LogP contribution in [0.3, 0.4) is 0 Å². The van der Waals surface area contributed by atoms with E-state index >= 15 is 0 Å². The molecule has 0 amide bonds. The lowest BCUT2D eigenvalue weighted by Gasteiger charge is -2.14. The van der Waals surface area contributed by atoms with Crippen molar-refractivity contribution in [3.05, 3.63) is 22.2 Å². The van der Waals surface area contributed by atoms with Crippen molar-refractivity contribution in [1.82, 2.24) is 0 Å². The molecule has 15 heavy (non-hydrogen) atoms. The van der Waals surface area contributed by atoms with Crippen LogP contribution in [0.15, 0.2) is 6.07 Å². The van der Waals surface area contributed by atoms with Gasteiger partial charge in [0.15, 0.2) is 11.5 Å². The van der Waals surface area contributed by atoms with Gasteiger partial charge in [0.2, 0.25) is 6.79 Å². The molecule has 0 fully saturated rings. The first-order valence-electron chi connectivity index (χ1n) is 4.62. The van der Waals surface area contributed by atoms with Gasteiger partial charge in [-0.25, -0.2) is 0 Å². The molecule has 1 atom stereocenters. The minimum atomic E-state index is -0.725. The van der Waals surface area contributed by atoms with Crippen molar-refractivity contribution in [3.63, 3.8) is 0 Å². The van der Waals surface area contributed by atoms with Crippen LogP contribution in [0.25, 0.3) is 0 Å². The topological polar surface area (TPSA) is 64.7 Å². The van der Waals surface area contributed by atoms with Gasteiger partial charge in [0.05, 0.1) is 11.1 Å². The van der Waals surface area contributed by atoms with E-state index in [-0.39, 0.29) is 13.3 Å². The quantitative estimate of drug-likeness (QED) is 0.804. The molecule has 0 spiro atoms. The van der Waals surface area contributed by atoms with Gasteiger partial charge in [-0.1, -0.05) is 11.6 Å². The van der Waals surface area contributed by atoms with Crippen molar-refractivity contribution in [3.8, 4) is 11.5 Å². The maximum absolute atomic E-state index is 9.69. The molecule has 1 aromatic rings. The minimum Gasteiger partial charge on any atom is -0.454 e. The number of nitrogens with two attached hydrogens (primary N) is 1. The Morgan fingerprint density at radius 1 is 1.60 bits per heavy atom. The second kappa shape index (κ2) is 3.89. The standard InChI is InChI=1S/C10H12ClNO3/c1-5-6(7(13)3-12)2-8-10(9(5)11)15-4-14-8/h2,7,13H,3-4,12H2,1H3. The number of fused-ring (bicyclic) bond motifs is 1. The predicted molar refractivity (Wildman–Crippen MR) is 56.3 cm³/mol. The summed E-state index contributed by atoms with van der Waals surface area (Å²) in [5.41, 5.74) is 6.87. The molecule has 0 aliphatic carbocycles. The van der Waals surface area contributed by atoms with Gasteiger partial charge >= 0.3 is 0 Å². The van der Waals surface area contributed by atoms with Crippen molar-refractivity contribution in [2.75, 3.05) is 13.3 Å². The number of rotatable bonds is 2. The predicted octanol–water partition coefficient (Wildman–Crippen LogP) is 1.37. The second-order valence-electron chi connectivity index (χ2n) is 3.39. The summed E-state index contributed by atoms with van der Waals surface area (Å²) in [7, 11) is 0. The maximum atomic E-state index is 9.69. The molecule has 0 bridgehead atoms. The average molecular weight is 230 g/mol. The highest BCUT2D eigenvalue weighted by molar-refractivity contribution is 6.33. The molecule has 4 nitrogen and oxygen atoms in total. The van der Waals surface area contributed by atoms with E-state index in [1.807, 2.05) is 6.92 Å². The van der Waals surface area contributed by atoms with Crippen LogP contribution >= 0.6 is 11.6 Å². The highest BCUT2D eigenvalue weighted by Crippen LogP contribution is 2.43. The molecular formula is C10H12ClNO3. The summed E-state index contributed by atoms with van der Waals surface area (Å²) in [4.78, 5) is 0. The van der Waals surface area contributed by atoms with Crippen LogP contribution in [0.2, 0.25) is 5.02 Å². The van der Waals surface area contributed by atoms with Gasteiger partial charge in [0.1, 0.15) is 0 Å². The first kappa shape index (κ1) is 10.5. The normalized spacial score (nSPS) is 15.5. The number of ether oxygens (including phenoxy) is 2. The summed E-state index contributed by atoms with van der Waals surface area (Å²) in [6, 6.07) is 1.72. The molecule has 0 radical (unpaired) electrons. The van der Waals surface area contributed by atoms with Crippen molar-refractivity contribution in [2.45, 2.75) is 13.0 Å². The highest BCUT2D eigenvalue weighted by Gasteiger charge is 2.23. The Kier molecular flexibility index (Phi) is 2.73. The Bertz CT molecular complexity index is 395. The third kappa shape index (κ3) is 1.65. The summed E-state index contributed by atoms with van der Waals surface area (Å²) in [6.07, 6.45) is -0.725. The molecule has 0 saturated carbocycles. The van der Waals surface area contributed by atoms with Gasteiger partial charge in [-0.15, -0.1) is 0 Å². The summed E-state index contributed by atoms with van der Waals surface area (Å²) in [5.74, 6) is 1.11. The largest absolute Gasteiger partial charge is 0.454 e. The third-order valence-electron chi connectivity index (χ3n) is 2.47. The van der Waals surface area contributed by atoms with E-state index in [2.05, 4.69) is 0 Å². The third-order valence-corrected chi connectivity index (χ3v) is 2.93. The summed E-state index contributed by atoms with van der Waals surface area (Å²) in [5, 5.41) is 10.2. The van der Waals surface area contributed by atoms with Crippen molar-refractivity contribution in [1.29, 1.82) is 0 Å². The summed E-state index contributed by atoms with van der Waals surface area (Å²) >= 11 is 6.09.